The first-order valence-corrected chi connectivity index (χ1v) is 5.30. The van der Waals surface area contributed by atoms with Crippen molar-refractivity contribution >= 4 is 5.97 Å². The van der Waals surface area contributed by atoms with Gasteiger partial charge in [0, 0.05) is 32.7 Å². The fourth-order valence-corrected chi connectivity index (χ4v) is 0.991. The van der Waals surface area contributed by atoms with Gasteiger partial charge in [0.1, 0.15) is 5.75 Å². The predicted molar refractivity (Wildman–Crippen MR) is 62.0 cm³/mol. The third-order valence-corrected chi connectivity index (χ3v) is 2.24. The normalized spacial score (nSPS) is 13.1. The minimum Gasteiger partial charge on any atom is -0.508 e. The van der Waals surface area contributed by atoms with Gasteiger partial charge in [0.15, 0.2) is 0 Å². The molecule has 0 saturated heterocycles. The number of carbonyl (C=O) groups is 1. The van der Waals surface area contributed by atoms with Gasteiger partial charge in [-0.2, -0.15) is 12.8 Å². The molecule has 0 aliphatic heterocycles. The zero-order valence-electron chi connectivity index (χ0n) is 11.0. The van der Waals surface area contributed by atoms with Crippen molar-refractivity contribution in [3.8, 4) is 5.75 Å². The molecule has 0 amide bonds. The molecule has 0 bridgehead atoms. The Balaban J connectivity index is 0.000000491. The molecule has 1 N–H and O–H groups in total. The van der Waals surface area contributed by atoms with Crippen LogP contribution in [0.1, 0.15) is 26.2 Å². The number of ether oxygens (including phenoxy) is 1. The van der Waals surface area contributed by atoms with E-state index in [4.69, 9.17) is 6.48 Å². The van der Waals surface area contributed by atoms with Gasteiger partial charge in [-0.15, -0.1) is 6.42 Å². The largest absolute Gasteiger partial charge is 0.508 e. The molecule has 0 aromatic heterocycles. The standard InChI is InChI=1S/C9H10O3.C4H7.Y/c1-12-9(11)6-7-2-4-8(10)5-3-7;1-2-4-3-1;/h2-5,10H,6H2,1H3;1H,2-4H2;/q;-1;/i2T;;. The first kappa shape index (κ1) is 14.7. The first-order valence-electron chi connectivity index (χ1n) is 5.80. The minimum atomic E-state index is -0.390. The van der Waals surface area contributed by atoms with Crippen LogP contribution in [-0.4, -0.2) is 18.2 Å². The molecule has 0 spiro atoms. The maximum atomic E-state index is 10.9. The van der Waals surface area contributed by atoms with Gasteiger partial charge in [0.05, 0.1) is 14.9 Å². The fourth-order valence-electron chi connectivity index (χ4n) is 0.991. The summed E-state index contributed by atoms with van der Waals surface area (Å²) >= 11 is 0. The topological polar surface area (TPSA) is 46.5 Å². The van der Waals surface area contributed by atoms with Gasteiger partial charge < -0.3 is 16.3 Å². The van der Waals surface area contributed by atoms with Crippen molar-refractivity contribution in [3.63, 3.8) is 0 Å². The SMILES string of the molecule is [3H]c1cc(O)ccc1CC(=O)OC.[CH-]1CCC1.[Y]. The van der Waals surface area contributed by atoms with Crippen LogP contribution in [-0.2, 0) is 48.7 Å². The summed E-state index contributed by atoms with van der Waals surface area (Å²) in [6.07, 6.45) is 6.57. The number of esters is 1. The molecule has 0 unspecified atom stereocenters. The van der Waals surface area contributed by atoms with E-state index in [1.54, 1.807) is 0 Å². The number of hydrogen-bond donors (Lipinski definition) is 1. The summed E-state index contributed by atoms with van der Waals surface area (Å²) in [4.78, 5) is 10.9. The number of benzene rings is 1. The molecule has 1 aromatic carbocycles. The molecule has 1 aromatic rings. The second-order valence-corrected chi connectivity index (χ2v) is 3.54. The maximum Gasteiger partial charge on any atom is 0.309 e. The molecular weight excluding hydrogens is 293 g/mol. The van der Waals surface area contributed by atoms with Crippen LogP contribution in [0, 0.1) is 6.42 Å². The molecule has 91 valence electrons. The number of methoxy groups -OCH3 is 1. The quantitative estimate of drug-likeness (QED) is 0.674. The van der Waals surface area contributed by atoms with Crippen LogP contribution in [0.15, 0.2) is 24.2 Å². The van der Waals surface area contributed by atoms with Gasteiger partial charge in [-0.25, -0.2) is 0 Å². The predicted octanol–water partition coefficient (Wildman–Crippen LogP) is 2.48. The van der Waals surface area contributed by atoms with E-state index in [1.807, 2.05) is 0 Å². The zero-order chi connectivity index (χ0) is 12.7. The van der Waals surface area contributed by atoms with Crippen molar-refractivity contribution in [2.75, 3.05) is 7.11 Å². The van der Waals surface area contributed by atoms with Crippen molar-refractivity contribution in [2.45, 2.75) is 25.7 Å². The van der Waals surface area contributed by atoms with E-state index in [0.29, 0.717) is 5.56 Å². The summed E-state index contributed by atoms with van der Waals surface area (Å²) in [6.45, 7) is 0. The van der Waals surface area contributed by atoms with Crippen LogP contribution in [0.3, 0.4) is 0 Å². The molecule has 0 heterocycles. The Morgan fingerprint density at radius 2 is 2.12 bits per heavy atom. The number of phenolic OH excluding ortho intramolecular Hbond substituents is 1. The zero-order valence-corrected chi connectivity index (χ0v) is 12.8. The van der Waals surface area contributed by atoms with Gasteiger partial charge in [-0.1, -0.05) is 12.1 Å². The Bertz CT molecular complexity index is 374. The summed E-state index contributed by atoms with van der Waals surface area (Å²) in [5.74, 6) is -0.363. The molecule has 3 nitrogen and oxygen atoms in total. The third-order valence-electron chi connectivity index (χ3n) is 2.24. The van der Waals surface area contributed by atoms with E-state index in [1.165, 1.54) is 44.6 Å². The van der Waals surface area contributed by atoms with Crippen molar-refractivity contribution in [2.24, 2.45) is 0 Å². The summed E-state index contributed by atoms with van der Waals surface area (Å²) in [5, 5.41) is 8.99. The molecular formula is C13H17O3Y-. The summed E-state index contributed by atoms with van der Waals surface area (Å²) < 4.78 is 11.9. The molecule has 1 aliphatic rings. The van der Waals surface area contributed by atoms with E-state index < -0.39 is 0 Å². The number of aromatic hydroxyl groups is 1. The fraction of sp³-hybridized carbons (Fsp3) is 0.385. The summed E-state index contributed by atoms with van der Waals surface area (Å²) in [5.41, 5.74) is 0.546. The van der Waals surface area contributed by atoms with Gasteiger partial charge in [-0.05, 0) is 17.7 Å². The number of phenols is 1. The average molecular weight is 312 g/mol. The maximum absolute atomic E-state index is 10.9. The van der Waals surface area contributed by atoms with E-state index in [9.17, 15) is 4.79 Å². The molecule has 2 rings (SSSR count). The monoisotopic (exact) mass is 312 g/mol. The van der Waals surface area contributed by atoms with Crippen LogP contribution in [0.5, 0.6) is 5.75 Å². The molecule has 0 atom stereocenters. The van der Waals surface area contributed by atoms with Crippen molar-refractivity contribution < 1.29 is 48.7 Å². The minimum absolute atomic E-state index is 0. The van der Waals surface area contributed by atoms with Crippen LogP contribution in [0.2, 0.25) is 0 Å². The smallest absolute Gasteiger partial charge is 0.309 e. The van der Waals surface area contributed by atoms with Crippen molar-refractivity contribution in [1.29, 1.82) is 0 Å². The van der Waals surface area contributed by atoms with Crippen LogP contribution >= 0.6 is 0 Å². The van der Waals surface area contributed by atoms with Crippen LogP contribution < -0.4 is 0 Å². The van der Waals surface area contributed by atoms with Gasteiger partial charge in [0.2, 0.25) is 0 Å². The number of hydrogen-bond acceptors (Lipinski definition) is 3. The number of rotatable bonds is 2. The van der Waals surface area contributed by atoms with E-state index in [-0.39, 0.29) is 56.9 Å². The van der Waals surface area contributed by atoms with Crippen LogP contribution in [0.4, 0.5) is 0 Å². The Labute approximate surface area is 129 Å². The Morgan fingerprint density at radius 3 is 2.53 bits per heavy atom. The Kier molecular flexibility index (Phi) is 8.28. The van der Waals surface area contributed by atoms with Gasteiger partial charge >= 0.3 is 5.97 Å². The van der Waals surface area contributed by atoms with E-state index >= 15 is 0 Å². The first-order chi connectivity index (χ1) is 8.13. The van der Waals surface area contributed by atoms with Gasteiger partial charge in [-0.3, -0.25) is 4.79 Å². The van der Waals surface area contributed by atoms with Crippen LogP contribution in [0.25, 0.3) is 0 Å². The van der Waals surface area contributed by atoms with Crippen molar-refractivity contribution in [1.82, 2.24) is 0 Å². The summed E-state index contributed by atoms with van der Waals surface area (Å²) in [6, 6.07) is 4.41. The Morgan fingerprint density at radius 1 is 1.53 bits per heavy atom. The molecule has 1 saturated carbocycles. The second kappa shape index (κ2) is 9.61. The molecule has 17 heavy (non-hydrogen) atoms. The molecule has 1 aliphatic carbocycles. The van der Waals surface area contributed by atoms with E-state index in [2.05, 4.69) is 11.2 Å². The Hall–Kier alpha value is -0.406. The average Bonchev–Trinajstić information content (AvgIpc) is 2.19. The number of carbonyl (C=O) groups excluding carboxylic acids is 1. The van der Waals surface area contributed by atoms with Gasteiger partial charge in [0.25, 0.3) is 0 Å². The molecule has 1 radical (unpaired) electrons. The second-order valence-electron chi connectivity index (χ2n) is 3.54. The van der Waals surface area contributed by atoms with E-state index in [0.717, 1.165) is 0 Å². The summed E-state index contributed by atoms with van der Waals surface area (Å²) in [7, 11) is 1.30. The van der Waals surface area contributed by atoms with Crippen molar-refractivity contribution in [3.05, 3.63) is 36.2 Å². The molecule has 4 heteroatoms. The third kappa shape index (κ3) is 7.51. The molecule has 1 fully saturated rings.